The number of nitrogens with one attached hydrogen (secondary N) is 1. The predicted molar refractivity (Wildman–Crippen MR) is 56.1 cm³/mol. The lowest BCUT2D eigenvalue weighted by atomic mass is 9.83. The van der Waals surface area contributed by atoms with E-state index >= 15 is 0 Å². The van der Waals surface area contributed by atoms with E-state index in [9.17, 15) is 13.2 Å². The zero-order chi connectivity index (χ0) is 12.1. The van der Waals surface area contributed by atoms with Crippen LogP contribution in [0, 0.1) is 5.41 Å². The molecule has 0 aliphatic heterocycles. The molecule has 0 saturated heterocycles. The summed E-state index contributed by atoms with van der Waals surface area (Å²) in [7, 11) is 0. The zero-order valence-corrected chi connectivity index (χ0v) is 9.70. The average Bonchev–Trinajstić information content (AvgIpc) is 2.65. The summed E-state index contributed by atoms with van der Waals surface area (Å²) < 4.78 is 38.7. The smallest absolute Gasteiger partial charge is 0.314 e. The minimum Gasteiger partial charge on any atom is -0.314 e. The molecule has 0 amide bonds. The van der Waals surface area contributed by atoms with Crippen LogP contribution in [0.4, 0.5) is 13.2 Å². The van der Waals surface area contributed by atoms with Crippen molar-refractivity contribution in [1.29, 1.82) is 0 Å². The summed E-state index contributed by atoms with van der Waals surface area (Å²) in [6.45, 7) is 2.93. The van der Waals surface area contributed by atoms with Crippen molar-refractivity contribution in [2.75, 3.05) is 19.7 Å². The fraction of sp³-hybridized carbons (Fsp3) is 1.00. The molecule has 0 aromatic rings. The van der Waals surface area contributed by atoms with Crippen molar-refractivity contribution in [3.8, 4) is 0 Å². The van der Waals surface area contributed by atoms with Gasteiger partial charge in [0.25, 0.3) is 0 Å². The Balaban J connectivity index is 2.10. The maximum absolute atomic E-state index is 11.7. The van der Waals surface area contributed by atoms with Gasteiger partial charge in [0, 0.05) is 13.1 Å². The van der Waals surface area contributed by atoms with Crippen LogP contribution in [0.15, 0.2) is 0 Å². The van der Waals surface area contributed by atoms with Crippen LogP contribution >= 0.6 is 0 Å². The maximum Gasteiger partial charge on any atom is 0.522 e. The summed E-state index contributed by atoms with van der Waals surface area (Å²) >= 11 is 0. The summed E-state index contributed by atoms with van der Waals surface area (Å²) in [5.74, 6) is 0. The highest BCUT2D eigenvalue weighted by Gasteiger charge is 2.32. The van der Waals surface area contributed by atoms with Gasteiger partial charge in [-0.25, -0.2) is 0 Å². The van der Waals surface area contributed by atoms with Gasteiger partial charge in [0.1, 0.15) is 0 Å². The molecule has 0 aromatic heterocycles. The SMILES string of the molecule is CCC1(CNCCOC(F)(F)F)CCCC1. The fourth-order valence-corrected chi connectivity index (χ4v) is 2.37. The van der Waals surface area contributed by atoms with Crippen LogP contribution in [0.1, 0.15) is 39.0 Å². The number of ether oxygens (including phenoxy) is 1. The second kappa shape index (κ2) is 5.87. The van der Waals surface area contributed by atoms with Gasteiger partial charge in [-0.1, -0.05) is 19.8 Å². The van der Waals surface area contributed by atoms with Crippen LogP contribution < -0.4 is 5.32 Å². The normalized spacial score (nSPS) is 20.2. The van der Waals surface area contributed by atoms with E-state index in [1.54, 1.807) is 0 Å². The zero-order valence-electron chi connectivity index (χ0n) is 9.70. The molecule has 1 saturated carbocycles. The predicted octanol–water partition coefficient (Wildman–Crippen LogP) is 3.08. The van der Waals surface area contributed by atoms with Crippen molar-refractivity contribution in [3.63, 3.8) is 0 Å². The number of hydrogen-bond acceptors (Lipinski definition) is 2. The van der Waals surface area contributed by atoms with Gasteiger partial charge in [-0.15, -0.1) is 13.2 Å². The Kier molecular flexibility index (Phi) is 5.05. The minimum absolute atomic E-state index is 0.265. The van der Waals surface area contributed by atoms with E-state index in [4.69, 9.17) is 0 Å². The Morgan fingerprint density at radius 1 is 1.25 bits per heavy atom. The maximum atomic E-state index is 11.7. The third-order valence-electron chi connectivity index (χ3n) is 3.46. The topological polar surface area (TPSA) is 21.3 Å². The van der Waals surface area contributed by atoms with Crippen molar-refractivity contribution in [2.45, 2.75) is 45.4 Å². The standard InChI is InChI=1S/C11H20F3NO/c1-2-10(5-3-4-6-10)9-15-7-8-16-11(12,13)14/h15H,2-9H2,1H3. The molecule has 0 radical (unpaired) electrons. The molecule has 2 nitrogen and oxygen atoms in total. The van der Waals surface area contributed by atoms with Crippen LogP contribution in [0.2, 0.25) is 0 Å². The molecule has 1 rings (SSSR count). The summed E-state index contributed by atoms with van der Waals surface area (Å²) in [4.78, 5) is 0. The van der Waals surface area contributed by atoms with Gasteiger partial charge in [0.15, 0.2) is 0 Å². The van der Waals surface area contributed by atoms with Crippen molar-refractivity contribution in [1.82, 2.24) is 5.32 Å². The Morgan fingerprint density at radius 2 is 1.88 bits per heavy atom. The Morgan fingerprint density at radius 3 is 2.38 bits per heavy atom. The highest BCUT2D eigenvalue weighted by atomic mass is 19.4. The first-order chi connectivity index (χ1) is 7.47. The molecule has 1 N–H and O–H groups in total. The minimum atomic E-state index is -4.50. The molecule has 1 fully saturated rings. The third kappa shape index (κ3) is 4.70. The molecule has 96 valence electrons. The first-order valence-corrected chi connectivity index (χ1v) is 5.89. The second-order valence-corrected chi connectivity index (χ2v) is 4.53. The monoisotopic (exact) mass is 239 g/mol. The molecular formula is C11H20F3NO. The summed E-state index contributed by atoms with van der Waals surface area (Å²) in [5.41, 5.74) is 0.318. The Hall–Kier alpha value is -0.290. The summed E-state index contributed by atoms with van der Waals surface area (Å²) in [6.07, 6.45) is 1.47. The van der Waals surface area contributed by atoms with E-state index in [0.29, 0.717) is 5.41 Å². The van der Waals surface area contributed by atoms with Crippen molar-refractivity contribution >= 4 is 0 Å². The molecule has 0 heterocycles. The Labute approximate surface area is 94.5 Å². The van der Waals surface area contributed by atoms with E-state index in [0.717, 1.165) is 13.0 Å². The summed E-state index contributed by atoms with van der Waals surface area (Å²) in [6, 6.07) is 0. The van der Waals surface area contributed by atoms with Gasteiger partial charge < -0.3 is 5.32 Å². The molecule has 1 aliphatic carbocycles. The molecule has 0 aromatic carbocycles. The van der Waals surface area contributed by atoms with Crippen LogP contribution in [-0.2, 0) is 4.74 Å². The van der Waals surface area contributed by atoms with E-state index in [1.165, 1.54) is 25.7 Å². The lowest BCUT2D eigenvalue weighted by Crippen LogP contribution is -2.34. The molecular weight excluding hydrogens is 219 g/mol. The number of alkyl halides is 3. The molecule has 0 atom stereocenters. The number of halogens is 3. The van der Waals surface area contributed by atoms with Crippen LogP contribution in [0.3, 0.4) is 0 Å². The molecule has 0 bridgehead atoms. The van der Waals surface area contributed by atoms with Gasteiger partial charge >= 0.3 is 6.36 Å². The molecule has 0 spiro atoms. The second-order valence-electron chi connectivity index (χ2n) is 4.53. The van der Waals surface area contributed by atoms with E-state index in [2.05, 4.69) is 17.0 Å². The lowest BCUT2D eigenvalue weighted by molar-refractivity contribution is -0.323. The summed E-state index contributed by atoms with van der Waals surface area (Å²) in [5, 5.41) is 3.07. The molecule has 16 heavy (non-hydrogen) atoms. The van der Waals surface area contributed by atoms with Gasteiger partial charge in [0.2, 0.25) is 0 Å². The van der Waals surface area contributed by atoms with Crippen molar-refractivity contribution in [3.05, 3.63) is 0 Å². The van der Waals surface area contributed by atoms with Crippen LogP contribution in [-0.4, -0.2) is 26.1 Å². The van der Waals surface area contributed by atoms with E-state index in [1.807, 2.05) is 0 Å². The highest BCUT2D eigenvalue weighted by Crippen LogP contribution is 2.40. The quantitative estimate of drug-likeness (QED) is 0.719. The first kappa shape index (κ1) is 13.8. The molecule has 1 aliphatic rings. The first-order valence-electron chi connectivity index (χ1n) is 5.89. The largest absolute Gasteiger partial charge is 0.522 e. The fourth-order valence-electron chi connectivity index (χ4n) is 2.37. The van der Waals surface area contributed by atoms with Crippen molar-refractivity contribution < 1.29 is 17.9 Å². The van der Waals surface area contributed by atoms with E-state index in [-0.39, 0.29) is 13.2 Å². The third-order valence-corrected chi connectivity index (χ3v) is 3.46. The van der Waals surface area contributed by atoms with Gasteiger partial charge in [0.05, 0.1) is 6.61 Å². The van der Waals surface area contributed by atoms with Crippen LogP contribution in [0.25, 0.3) is 0 Å². The Bertz CT molecular complexity index is 200. The van der Waals surface area contributed by atoms with Gasteiger partial charge in [-0.2, -0.15) is 0 Å². The average molecular weight is 239 g/mol. The van der Waals surface area contributed by atoms with Crippen LogP contribution in [0.5, 0.6) is 0 Å². The van der Waals surface area contributed by atoms with Gasteiger partial charge in [-0.3, -0.25) is 4.74 Å². The van der Waals surface area contributed by atoms with Crippen molar-refractivity contribution in [2.24, 2.45) is 5.41 Å². The van der Waals surface area contributed by atoms with Gasteiger partial charge in [-0.05, 0) is 24.7 Å². The number of hydrogen-bond donors (Lipinski definition) is 1. The number of rotatable bonds is 6. The van der Waals surface area contributed by atoms with E-state index < -0.39 is 6.36 Å². The molecule has 0 unspecified atom stereocenters. The molecule has 5 heteroatoms. The lowest BCUT2D eigenvalue weighted by Gasteiger charge is -2.27. The highest BCUT2D eigenvalue weighted by molar-refractivity contribution is 4.85.